The van der Waals surface area contributed by atoms with Gasteiger partial charge in [0.05, 0.1) is 11.7 Å². The molecule has 1 saturated heterocycles. The molecular weight excluding hydrogens is 240 g/mol. The summed E-state index contributed by atoms with van der Waals surface area (Å²) in [5, 5.41) is 3.95. The Kier molecular flexibility index (Phi) is 3.58. The van der Waals surface area contributed by atoms with E-state index in [4.69, 9.17) is 4.52 Å². The van der Waals surface area contributed by atoms with Gasteiger partial charge in [-0.15, -0.1) is 0 Å². The molecule has 0 radical (unpaired) electrons. The molecule has 2 aliphatic rings. The van der Waals surface area contributed by atoms with E-state index in [0.29, 0.717) is 11.8 Å². The first-order valence-corrected chi connectivity index (χ1v) is 7.47. The van der Waals surface area contributed by atoms with E-state index in [1.165, 1.54) is 25.7 Å². The fourth-order valence-corrected chi connectivity index (χ4v) is 3.48. The zero-order valence-electron chi connectivity index (χ0n) is 11.6. The van der Waals surface area contributed by atoms with Crippen molar-refractivity contribution in [3.8, 4) is 0 Å². The molecule has 0 aromatic carbocycles. The SMILES string of the molecule is Cc1cc(C2CCCN2C(=O)CC2CCCC2)on1. The van der Waals surface area contributed by atoms with E-state index in [1.807, 2.05) is 17.9 Å². The van der Waals surface area contributed by atoms with Gasteiger partial charge in [0.25, 0.3) is 0 Å². The van der Waals surface area contributed by atoms with Crippen LogP contribution in [0.3, 0.4) is 0 Å². The van der Waals surface area contributed by atoms with Gasteiger partial charge in [-0.05, 0) is 38.5 Å². The Morgan fingerprint density at radius 2 is 2.16 bits per heavy atom. The van der Waals surface area contributed by atoms with Crippen LogP contribution in [0.2, 0.25) is 0 Å². The second-order valence-corrected chi connectivity index (χ2v) is 5.97. The number of carbonyl (C=O) groups excluding carboxylic acids is 1. The third-order valence-corrected chi connectivity index (χ3v) is 4.49. The molecule has 0 N–H and O–H groups in total. The molecule has 0 bridgehead atoms. The molecular formula is C15H22N2O2. The third-order valence-electron chi connectivity index (χ3n) is 4.49. The minimum atomic E-state index is 0.120. The largest absolute Gasteiger partial charge is 0.359 e. The maximum Gasteiger partial charge on any atom is 0.223 e. The molecule has 4 heteroatoms. The molecule has 19 heavy (non-hydrogen) atoms. The number of hydrogen-bond acceptors (Lipinski definition) is 3. The summed E-state index contributed by atoms with van der Waals surface area (Å²) < 4.78 is 5.35. The Bertz CT molecular complexity index is 449. The number of amides is 1. The summed E-state index contributed by atoms with van der Waals surface area (Å²) >= 11 is 0. The van der Waals surface area contributed by atoms with Gasteiger partial charge in [-0.2, -0.15) is 0 Å². The van der Waals surface area contributed by atoms with E-state index in [2.05, 4.69) is 5.16 Å². The molecule has 1 aliphatic carbocycles. The summed E-state index contributed by atoms with van der Waals surface area (Å²) in [4.78, 5) is 14.5. The average molecular weight is 262 g/mol. The number of aromatic nitrogens is 1. The highest BCUT2D eigenvalue weighted by molar-refractivity contribution is 5.77. The van der Waals surface area contributed by atoms with Crippen LogP contribution in [0.4, 0.5) is 0 Å². The number of likely N-dealkylation sites (tertiary alicyclic amines) is 1. The van der Waals surface area contributed by atoms with Gasteiger partial charge in [0.2, 0.25) is 5.91 Å². The first-order chi connectivity index (χ1) is 9.24. The molecule has 1 aromatic rings. The lowest BCUT2D eigenvalue weighted by molar-refractivity contribution is -0.133. The van der Waals surface area contributed by atoms with E-state index < -0.39 is 0 Å². The topological polar surface area (TPSA) is 46.3 Å². The van der Waals surface area contributed by atoms with Crippen molar-refractivity contribution in [2.45, 2.75) is 57.9 Å². The minimum Gasteiger partial charge on any atom is -0.359 e. The van der Waals surface area contributed by atoms with Crippen molar-refractivity contribution in [3.63, 3.8) is 0 Å². The third kappa shape index (κ3) is 2.67. The molecule has 1 saturated carbocycles. The van der Waals surface area contributed by atoms with E-state index in [-0.39, 0.29) is 6.04 Å². The van der Waals surface area contributed by atoms with Gasteiger partial charge in [0, 0.05) is 19.0 Å². The molecule has 1 atom stereocenters. The summed E-state index contributed by atoms with van der Waals surface area (Å²) in [5.41, 5.74) is 0.894. The van der Waals surface area contributed by atoms with E-state index in [9.17, 15) is 4.79 Å². The lowest BCUT2D eigenvalue weighted by atomic mass is 10.0. The summed E-state index contributed by atoms with van der Waals surface area (Å²) in [7, 11) is 0. The van der Waals surface area contributed by atoms with Gasteiger partial charge in [-0.25, -0.2) is 0 Å². The van der Waals surface area contributed by atoms with Crippen molar-refractivity contribution in [1.29, 1.82) is 0 Å². The molecule has 0 spiro atoms. The Balaban J connectivity index is 1.66. The number of nitrogens with zero attached hydrogens (tertiary/aromatic N) is 2. The van der Waals surface area contributed by atoms with Crippen molar-refractivity contribution in [2.75, 3.05) is 6.54 Å². The summed E-state index contributed by atoms with van der Waals surface area (Å²) in [6.45, 7) is 2.79. The van der Waals surface area contributed by atoms with Crippen LogP contribution in [0.1, 0.15) is 62.4 Å². The fourth-order valence-electron chi connectivity index (χ4n) is 3.48. The van der Waals surface area contributed by atoms with Gasteiger partial charge in [-0.3, -0.25) is 4.79 Å². The average Bonchev–Trinajstić information content (AvgIpc) is 3.07. The summed E-state index contributed by atoms with van der Waals surface area (Å²) in [6, 6.07) is 2.08. The summed E-state index contributed by atoms with van der Waals surface area (Å²) in [5.74, 6) is 1.78. The van der Waals surface area contributed by atoms with Crippen LogP contribution in [-0.4, -0.2) is 22.5 Å². The maximum atomic E-state index is 12.5. The lowest BCUT2D eigenvalue weighted by Gasteiger charge is -2.24. The van der Waals surface area contributed by atoms with E-state index in [0.717, 1.165) is 37.3 Å². The molecule has 1 amide bonds. The van der Waals surface area contributed by atoms with Crippen molar-refractivity contribution in [2.24, 2.45) is 5.92 Å². The Labute approximate surface area is 114 Å². The quantitative estimate of drug-likeness (QED) is 0.840. The van der Waals surface area contributed by atoms with Gasteiger partial charge >= 0.3 is 0 Å². The predicted molar refractivity (Wildman–Crippen MR) is 71.5 cm³/mol. The molecule has 1 unspecified atom stereocenters. The maximum absolute atomic E-state index is 12.5. The molecule has 3 rings (SSSR count). The van der Waals surface area contributed by atoms with Crippen LogP contribution in [-0.2, 0) is 4.79 Å². The Morgan fingerprint density at radius 1 is 1.37 bits per heavy atom. The highest BCUT2D eigenvalue weighted by Crippen LogP contribution is 2.35. The number of carbonyl (C=O) groups is 1. The second-order valence-electron chi connectivity index (χ2n) is 5.97. The fraction of sp³-hybridized carbons (Fsp3) is 0.733. The first-order valence-electron chi connectivity index (χ1n) is 7.47. The molecule has 2 fully saturated rings. The van der Waals surface area contributed by atoms with Gasteiger partial charge < -0.3 is 9.42 Å². The highest BCUT2D eigenvalue weighted by Gasteiger charge is 2.33. The van der Waals surface area contributed by atoms with Gasteiger partial charge in [0.1, 0.15) is 0 Å². The van der Waals surface area contributed by atoms with E-state index >= 15 is 0 Å². The molecule has 4 nitrogen and oxygen atoms in total. The number of aryl methyl sites for hydroxylation is 1. The van der Waals surface area contributed by atoms with Crippen molar-refractivity contribution >= 4 is 5.91 Å². The minimum absolute atomic E-state index is 0.120. The molecule has 1 aliphatic heterocycles. The zero-order valence-corrected chi connectivity index (χ0v) is 11.6. The van der Waals surface area contributed by atoms with Crippen LogP contribution in [0.5, 0.6) is 0 Å². The molecule has 2 heterocycles. The van der Waals surface area contributed by atoms with Gasteiger partial charge in [-0.1, -0.05) is 18.0 Å². The number of hydrogen-bond donors (Lipinski definition) is 0. The van der Waals surface area contributed by atoms with Crippen LogP contribution in [0.15, 0.2) is 10.6 Å². The van der Waals surface area contributed by atoms with Crippen LogP contribution in [0, 0.1) is 12.8 Å². The monoisotopic (exact) mass is 262 g/mol. The van der Waals surface area contributed by atoms with Crippen molar-refractivity contribution in [3.05, 3.63) is 17.5 Å². The summed E-state index contributed by atoms with van der Waals surface area (Å²) in [6.07, 6.45) is 7.85. The Morgan fingerprint density at radius 3 is 2.84 bits per heavy atom. The van der Waals surface area contributed by atoms with Crippen molar-refractivity contribution < 1.29 is 9.32 Å². The lowest BCUT2D eigenvalue weighted by Crippen LogP contribution is -2.31. The molecule has 104 valence electrons. The van der Waals surface area contributed by atoms with Gasteiger partial charge in [0.15, 0.2) is 5.76 Å². The van der Waals surface area contributed by atoms with Crippen LogP contribution in [0.25, 0.3) is 0 Å². The predicted octanol–water partition coefficient (Wildman–Crippen LogP) is 3.23. The Hall–Kier alpha value is -1.32. The standard InChI is InChI=1S/C15H22N2O2/c1-11-9-14(19-16-11)13-7-4-8-17(13)15(18)10-12-5-2-3-6-12/h9,12-13H,2-8,10H2,1H3. The second kappa shape index (κ2) is 5.35. The zero-order chi connectivity index (χ0) is 13.2. The van der Waals surface area contributed by atoms with Crippen LogP contribution >= 0.6 is 0 Å². The normalized spacial score (nSPS) is 24.3. The van der Waals surface area contributed by atoms with E-state index in [1.54, 1.807) is 0 Å². The van der Waals surface area contributed by atoms with Crippen LogP contribution < -0.4 is 0 Å². The highest BCUT2D eigenvalue weighted by atomic mass is 16.5. The number of rotatable bonds is 3. The first kappa shape index (κ1) is 12.7. The van der Waals surface area contributed by atoms with Crippen molar-refractivity contribution in [1.82, 2.24) is 10.1 Å². The smallest absolute Gasteiger partial charge is 0.223 e. The molecule has 1 aromatic heterocycles.